The van der Waals surface area contributed by atoms with Crippen LogP contribution in [0.1, 0.15) is 31.9 Å². The van der Waals surface area contributed by atoms with Gasteiger partial charge in [-0.2, -0.15) is 0 Å². The number of fused-ring (bicyclic) bond motifs is 1. The molecule has 0 unspecified atom stereocenters. The lowest BCUT2D eigenvalue weighted by Crippen LogP contribution is -2.16. The maximum absolute atomic E-state index is 12.3. The van der Waals surface area contributed by atoms with Gasteiger partial charge in [-0.05, 0) is 46.7 Å². The van der Waals surface area contributed by atoms with Gasteiger partial charge in [0.05, 0.1) is 5.69 Å². The van der Waals surface area contributed by atoms with Crippen molar-refractivity contribution in [1.82, 2.24) is 4.98 Å². The predicted molar refractivity (Wildman–Crippen MR) is 98.7 cm³/mol. The second-order valence-corrected chi connectivity index (χ2v) is 7.05. The second-order valence-electron chi connectivity index (χ2n) is 7.05. The first-order chi connectivity index (χ1) is 11.3. The maximum Gasteiger partial charge on any atom is 0.253 e. The fourth-order valence-corrected chi connectivity index (χ4v) is 2.66. The van der Waals surface area contributed by atoms with Crippen molar-refractivity contribution < 1.29 is 5.11 Å². The van der Waals surface area contributed by atoms with Crippen LogP contribution in [0.5, 0.6) is 5.75 Å². The largest absolute Gasteiger partial charge is 0.506 e. The van der Waals surface area contributed by atoms with Crippen molar-refractivity contribution in [3.8, 4) is 5.75 Å². The molecule has 3 aromatic rings. The number of phenolic OH excluding ortho intramolecular Hbond substituents is 1. The Bertz CT molecular complexity index is 936. The van der Waals surface area contributed by atoms with Crippen molar-refractivity contribution in [1.29, 1.82) is 0 Å². The average Bonchev–Trinajstić information content (AvgIpc) is 2.53. The third kappa shape index (κ3) is 3.27. The summed E-state index contributed by atoms with van der Waals surface area (Å²) >= 11 is 0. The summed E-state index contributed by atoms with van der Waals surface area (Å²) in [6, 6.07) is 15.0. The summed E-state index contributed by atoms with van der Waals surface area (Å²) in [4.78, 5) is 15.2. The smallest absolute Gasteiger partial charge is 0.253 e. The second kappa shape index (κ2) is 6.04. The Kier molecular flexibility index (Phi) is 4.06. The molecule has 2 aromatic carbocycles. The van der Waals surface area contributed by atoms with Gasteiger partial charge in [0.25, 0.3) is 5.56 Å². The number of H-pyrrole nitrogens is 1. The number of pyridine rings is 1. The van der Waals surface area contributed by atoms with E-state index >= 15 is 0 Å². The molecule has 3 rings (SSSR count). The number of para-hydroxylation sites is 2. The van der Waals surface area contributed by atoms with Gasteiger partial charge in [0.2, 0.25) is 0 Å². The Hall–Kier alpha value is -2.75. The van der Waals surface area contributed by atoms with Crippen molar-refractivity contribution in [2.45, 2.75) is 32.7 Å². The van der Waals surface area contributed by atoms with E-state index in [9.17, 15) is 9.90 Å². The number of aromatic hydroxyl groups is 1. The summed E-state index contributed by atoms with van der Waals surface area (Å²) in [6.45, 7) is 6.85. The number of aromatic amines is 1. The van der Waals surface area contributed by atoms with E-state index in [-0.39, 0.29) is 16.7 Å². The Morgan fingerprint density at radius 2 is 1.83 bits per heavy atom. The Labute approximate surface area is 141 Å². The van der Waals surface area contributed by atoms with Gasteiger partial charge in [-0.3, -0.25) is 4.79 Å². The van der Waals surface area contributed by atoms with Gasteiger partial charge in [-0.25, -0.2) is 0 Å². The lowest BCUT2D eigenvalue weighted by Gasteiger charge is -2.19. The molecule has 1 heterocycles. The lowest BCUT2D eigenvalue weighted by molar-refractivity contribution is 0.477. The van der Waals surface area contributed by atoms with Crippen LogP contribution in [0.25, 0.3) is 10.9 Å². The van der Waals surface area contributed by atoms with Crippen LogP contribution in [0.2, 0.25) is 0 Å². The van der Waals surface area contributed by atoms with Crippen LogP contribution < -0.4 is 10.9 Å². The highest BCUT2D eigenvalue weighted by Crippen LogP contribution is 2.26. The standard InChI is InChI=1S/C20H22N2O2/c1-20(2,3)15-8-9-16-13(11-15)10-14(19(24)22-16)12-21-17-6-4-5-7-18(17)23/h4-11,21,23H,12H2,1-3H3,(H,22,24). The zero-order valence-electron chi connectivity index (χ0n) is 14.2. The van der Waals surface area contributed by atoms with Crippen LogP contribution in [0.3, 0.4) is 0 Å². The summed E-state index contributed by atoms with van der Waals surface area (Å²) in [6.07, 6.45) is 0. The zero-order chi connectivity index (χ0) is 17.3. The number of rotatable bonds is 3. The van der Waals surface area contributed by atoms with E-state index in [0.29, 0.717) is 17.8 Å². The summed E-state index contributed by atoms with van der Waals surface area (Å²) in [7, 11) is 0. The average molecular weight is 322 g/mol. The quantitative estimate of drug-likeness (QED) is 0.635. The van der Waals surface area contributed by atoms with Crippen molar-refractivity contribution >= 4 is 16.6 Å². The summed E-state index contributed by atoms with van der Waals surface area (Å²) in [5, 5.41) is 13.9. The molecule has 0 aliphatic rings. The highest BCUT2D eigenvalue weighted by atomic mass is 16.3. The molecule has 124 valence electrons. The van der Waals surface area contributed by atoms with Crippen LogP contribution in [-0.2, 0) is 12.0 Å². The molecule has 0 saturated heterocycles. The minimum absolute atomic E-state index is 0.0541. The van der Waals surface area contributed by atoms with Gasteiger partial charge in [0.15, 0.2) is 0 Å². The first kappa shape index (κ1) is 16.1. The Morgan fingerprint density at radius 1 is 1.08 bits per heavy atom. The highest BCUT2D eigenvalue weighted by Gasteiger charge is 2.14. The first-order valence-electron chi connectivity index (χ1n) is 8.03. The van der Waals surface area contributed by atoms with Crippen molar-refractivity contribution in [3.63, 3.8) is 0 Å². The number of hydrogen-bond donors (Lipinski definition) is 3. The molecule has 0 aliphatic heterocycles. The summed E-state index contributed by atoms with van der Waals surface area (Å²) < 4.78 is 0. The SMILES string of the molecule is CC(C)(C)c1ccc2[nH]c(=O)c(CNc3ccccc3O)cc2c1. The van der Waals surface area contributed by atoms with Gasteiger partial charge in [0, 0.05) is 17.6 Å². The predicted octanol–water partition coefficient (Wildman–Crippen LogP) is 4.14. The third-order valence-electron chi connectivity index (χ3n) is 4.16. The summed E-state index contributed by atoms with van der Waals surface area (Å²) in [5.41, 5.74) is 3.24. The van der Waals surface area contributed by atoms with Crippen LogP contribution in [0.4, 0.5) is 5.69 Å². The number of nitrogens with one attached hydrogen (secondary N) is 2. The highest BCUT2D eigenvalue weighted by molar-refractivity contribution is 5.80. The van der Waals surface area contributed by atoms with E-state index in [1.165, 1.54) is 5.56 Å². The Balaban J connectivity index is 1.94. The van der Waals surface area contributed by atoms with Crippen molar-refractivity contribution in [2.75, 3.05) is 5.32 Å². The molecule has 24 heavy (non-hydrogen) atoms. The first-order valence-corrected chi connectivity index (χ1v) is 8.03. The minimum atomic E-state index is -0.117. The molecular weight excluding hydrogens is 300 g/mol. The van der Waals surface area contributed by atoms with Gasteiger partial charge in [-0.1, -0.05) is 39.0 Å². The molecule has 0 atom stereocenters. The van der Waals surface area contributed by atoms with Gasteiger partial charge in [0.1, 0.15) is 5.75 Å². The fourth-order valence-electron chi connectivity index (χ4n) is 2.66. The molecule has 0 radical (unpaired) electrons. The van der Waals surface area contributed by atoms with Crippen LogP contribution in [0, 0.1) is 0 Å². The zero-order valence-corrected chi connectivity index (χ0v) is 14.2. The number of aromatic nitrogens is 1. The minimum Gasteiger partial charge on any atom is -0.506 e. The molecule has 0 bridgehead atoms. The Morgan fingerprint density at radius 3 is 2.54 bits per heavy atom. The molecule has 0 amide bonds. The number of benzene rings is 2. The number of phenols is 1. The monoisotopic (exact) mass is 322 g/mol. The molecular formula is C20H22N2O2. The van der Waals surface area contributed by atoms with E-state index in [1.807, 2.05) is 18.2 Å². The molecule has 0 spiro atoms. The fraction of sp³-hybridized carbons (Fsp3) is 0.250. The molecule has 3 N–H and O–H groups in total. The molecule has 1 aromatic heterocycles. The maximum atomic E-state index is 12.3. The normalized spacial score (nSPS) is 11.6. The van der Waals surface area contributed by atoms with E-state index in [4.69, 9.17) is 0 Å². The molecule has 4 nitrogen and oxygen atoms in total. The summed E-state index contributed by atoms with van der Waals surface area (Å²) in [5.74, 6) is 0.171. The lowest BCUT2D eigenvalue weighted by atomic mass is 9.86. The van der Waals surface area contributed by atoms with Crippen LogP contribution >= 0.6 is 0 Å². The van der Waals surface area contributed by atoms with Crippen molar-refractivity contribution in [3.05, 3.63) is 70.0 Å². The van der Waals surface area contributed by atoms with E-state index in [0.717, 1.165) is 10.9 Å². The van der Waals surface area contributed by atoms with E-state index in [2.05, 4.69) is 43.2 Å². The van der Waals surface area contributed by atoms with Gasteiger partial charge in [-0.15, -0.1) is 0 Å². The molecule has 4 heteroatoms. The van der Waals surface area contributed by atoms with Gasteiger partial charge >= 0.3 is 0 Å². The third-order valence-corrected chi connectivity index (χ3v) is 4.16. The van der Waals surface area contributed by atoms with Crippen LogP contribution in [0.15, 0.2) is 53.3 Å². The van der Waals surface area contributed by atoms with Crippen molar-refractivity contribution in [2.24, 2.45) is 0 Å². The number of hydrogen-bond acceptors (Lipinski definition) is 3. The molecule has 0 fully saturated rings. The van der Waals surface area contributed by atoms with E-state index < -0.39 is 0 Å². The van der Waals surface area contributed by atoms with Gasteiger partial charge < -0.3 is 15.4 Å². The molecule has 0 saturated carbocycles. The topological polar surface area (TPSA) is 65.1 Å². The van der Waals surface area contributed by atoms with E-state index in [1.54, 1.807) is 18.2 Å². The van der Waals surface area contributed by atoms with Crippen LogP contribution in [-0.4, -0.2) is 10.1 Å². The number of anilines is 1. The molecule has 0 aliphatic carbocycles.